The van der Waals surface area contributed by atoms with E-state index in [1.54, 1.807) is 0 Å². The van der Waals surface area contributed by atoms with Crippen molar-refractivity contribution in [2.24, 2.45) is 5.41 Å². The highest BCUT2D eigenvalue weighted by Crippen LogP contribution is 2.36. The summed E-state index contributed by atoms with van der Waals surface area (Å²) in [6.07, 6.45) is 2.82. The lowest BCUT2D eigenvalue weighted by atomic mass is 9.78. The van der Waals surface area contributed by atoms with E-state index in [-0.39, 0.29) is 12.3 Å². The van der Waals surface area contributed by atoms with Crippen LogP contribution in [0.2, 0.25) is 0 Å². The number of carboxylic acid groups (broad SMARTS) is 1. The van der Waals surface area contributed by atoms with Crippen molar-refractivity contribution in [1.82, 2.24) is 5.32 Å². The molecule has 1 aliphatic rings. The topological polar surface area (TPSA) is 66.4 Å². The number of aliphatic carboxylic acids is 1. The summed E-state index contributed by atoms with van der Waals surface area (Å²) in [5.74, 6) is -1.00. The number of carbonyl (C=O) groups excluding carboxylic acids is 1. The lowest BCUT2D eigenvalue weighted by molar-refractivity contribution is -0.144. The molecule has 0 aromatic heterocycles. The van der Waals surface area contributed by atoms with Crippen LogP contribution in [0.4, 0.5) is 0 Å². The average molecular weight is 337 g/mol. The molecule has 1 fully saturated rings. The molecule has 2 aromatic rings. The Morgan fingerprint density at radius 3 is 2.32 bits per heavy atom. The molecular weight excluding hydrogens is 314 g/mol. The van der Waals surface area contributed by atoms with Crippen LogP contribution in [0.3, 0.4) is 0 Å². The minimum atomic E-state index is -0.899. The van der Waals surface area contributed by atoms with Gasteiger partial charge in [-0.15, -0.1) is 0 Å². The second kappa shape index (κ2) is 7.51. The minimum Gasteiger partial charge on any atom is -0.481 e. The standard InChI is InChI=1S/C21H23NO3/c23-19(24)15-21(13-14-22-20(21)25)12-4-5-16-8-10-18(11-9-16)17-6-2-1-3-7-17/h1-3,6-11H,4-5,12-15H2,(H,22,25)(H,23,24). The summed E-state index contributed by atoms with van der Waals surface area (Å²) < 4.78 is 0. The third kappa shape index (κ3) is 4.08. The Bertz CT molecular complexity index is 739. The SMILES string of the molecule is O=C(O)CC1(CCCc2ccc(-c3ccccc3)cc2)CCNC1=O. The van der Waals surface area contributed by atoms with Gasteiger partial charge in [0.05, 0.1) is 11.8 Å². The van der Waals surface area contributed by atoms with E-state index < -0.39 is 11.4 Å². The molecule has 1 aliphatic heterocycles. The Kier molecular flexibility index (Phi) is 5.17. The molecule has 1 saturated heterocycles. The molecule has 0 aliphatic carbocycles. The summed E-state index contributed by atoms with van der Waals surface area (Å²) in [4.78, 5) is 23.2. The first-order chi connectivity index (χ1) is 12.1. The summed E-state index contributed by atoms with van der Waals surface area (Å²) >= 11 is 0. The zero-order valence-corrected chi connectivity index (χ0v) is 14.2. The van der Waals surface area contributed by atoms with Gasteiger partial charge in [0.2, 0.25) is 5.91 Å². The van der Waals surface area contributed by atoms with Crippen LogP contribution in [0.15, 0.2) is 54.6 Å². The predicted molar refractivity (Wildman–Crippen MR) is 97.1 cm³/mol. The molecule has 3 rings (SSSR count). The molecule has 1 atom stereocenters. The molecule has 1 heterocycles. The molecule has 0 spiro atoms. The highest BCUT2D eigenvalue weighted by molar-refractivity contribution is 5.88. The molecule has 0 radical (unpaired) electrons. The van der Waals surface area contributed by atoms with Gasteiger partial charge in [-0.2, -0.15) is 0 Å². The number of hydrogen-bond donors (Lipinski definition) is 2. The van der Waals surface area contributed by atoms with Crippen LogP contribution in [-0.4, -0.2) is 23.5 Å². The first-order valence-corrected chi connectivity index (χ1v) is 8.74. The van der Waals surface area contributed by atoms with Crippen molar-refractivity contribution < 1.29 is 14.7 Å². The van der Waals surface area contributed by atoms with Gasteiger partial charge in [0.1, 0.15) is 0 Å². The van der Waals surface area contributed by atoms with Gasteiger partial charge in [-0.25, -0.2) is 0 Å². The Balaban J connectivity index is 1.60. The Hall–Kier alpha value is -2.62. The number of hydrogen-bond acceptors (Lipinski definition) is 2. The smallest absolute Gasteiger partial charge is 0.304 e. The van der Waals surface area contributed by atoms with Crippen LogP contribution in [0.1, 0.15) is 31.2 Å². The fraction of sp³-hybridized carbons (Fsp3) is 0.333. The van der Waals surface area contributed by atoms with Crippen molar-refractivity contribution in [3.05, 3.63) is 60.2 Å². The molecule has 2 aromatic carbocycles. The van der Waals surface area contributed by atoms with E-state index in [4.69, 9.17) is 5.11 Å². The van der Waals surface area contributed by atoms with Gasteiger partial charge >= 0.3 is 5.97 Å². The number of amides is 1. The monoisotopic (exact) mass is 337 g/mol. The van der Waals surface area contributed by atoms with E-state index in [2.05, 4.69) is 41.7 Å². The molecular formula is C21H23NO3. The Labute approximate surface area is 147 Å². The predicted octanol–water partition coefficient (Wildman–Crippen LogP) is 3.66. The zero-order valence-electron chi connectivity index (χ0n) is 14.2. The zero-order chi connectivity index (χ0) is 17.7. The number of rotatable bonds is 7. The van der Waals surface area contributed by atoms with Crippen LogP contribution in [0.25, 0.3) is 11.1 Å². The first kappa shape index (κ1) is 17.2. The van der Waals surface area contributed by atoms with E-state index >= 15 is 0 Å². The van der Waals surface area contributed by atoms with Crippen molar-refractivity contribution in [3.63, 3.8) is 0 Å². The second-order valence-corrected chi connectivity index (χ2v) is 6.77. The van der Waals surface area contributed by atoms with E-state index in [1.165, 1.54) is 16.7 Å². The molecule has 25 heavy (non-hydrogen) atoms. The quantitative estimate of drug-likeness (QED) is 0.810. The average Bonchev–Trinajstić information content (AvgIpc) is 2.96. The van der Waals surface area contributed by atoms with Crippen molar-refractivity contribution in [1.29, 1.82) is 0 Å². The summed E-state index contributed by atoms with van der Waals surface area (Å²) in [5.41, 5.74) is 2.86. The van der Waals surface area contributed by atoms with Gasteiger partial charge in [0, 0.05) is 6.54 Å². The Morgan fingerprint density at radius 2 is 1.72 bits per heavy atom. The third-order valence-corrected chi connectivity index (χ3v) is 5.04. The van der Waals surface area contributed by atoms with Gasteiger partial charge in [-0.05, 0) is 42.4 Å². The number of benzene rings is 2. The molecule has 1 amide bonds. The number of carboxylic acids is 1. The third-order valence-electron chi connectivity index (χ3n) is 5.04. The number of carbonyl (C=O) groups is 2. The van der Waals surface area contributed by atoms with Crippen molar-refractivity contribution in [2.45, 2.75) is 32.1 Å². The van der Waals surface area contributed by atoms with Gasteiger partial charge in [-0.3, -0.25) is 9.59 Å². The molecule has 2 N–H and O–H groups in total. The van der Waals surface area contributed by atoms with Gasteiger partial charge < -0.3 is 10.4 Å². The summed E-state index contributed by atoms with van der Waals surface area (Å²) in [6, 6.07) is 18.7. The fourth-order valence-electron chi connectivity index (χ4n) is 3.63. The van der Waals surface area contributed by atoms with E-state index in [1.807, 2.05) is 18.2 Å². The molecule has 130 valence electrons. The highest BCUT2D eigenvalue weighted by Gasteiger charge is 2.43. The van der Waals surface area contributed by atoms with E-state index in [0.29, 0.717) is 19.4 Å². The maximum atomic E-state index is 12.1. The van der Waals surface area contributed by atoms with Crippen molar-refractivity contribution in [2.75, 3.05) is 6.54 Å². The lowest BCUT2D eigenvalue weighted by Gasteiger charge is -2.23. The van der Waals surface area contributed by atoms with Crippen LogP contribution in [0.5, 0.6) is 0 Å². The van der Waals surface area contributed by atoms with Crippen molar-refractivity contribution >= 4 is 11.9 Å². The van der Waals surface area contributed by atoms with E-state index in [0.717, 1.165) is 12.8 Å². The second-order valence-electron chi connectivity index (χ2n) is 6.77. The van der Waals surface area contributed by atoms with E-state index in [9.17, 15) is 9.59 Å². The normalized spacial score (nSPS) is 19.6. The molecule has 0 saturated carbocycles. The summed E-state index contributed by atoms with van der Waals surface area (Å²) in [7, 11) is 0. The Morgan fingerprint density at radius 1 is 1.04 bits per heavy atom. The molecule has 1 unspecified atom stereocenters. The summed E-state index contributed by atoms with van der Waals surface area (Å²) in [6.45, 7) is 0.581. The van der Waals surface area contributed by atoms with Gasteiger partial charge in [0.25, 0.3) is 0 Å². The highest BCUT2D eigenvalue weighted by atomic mass is 16.4. The van der Waals surface area contributed by atoms with Gasteiger partial charge in [0.15, 0.2) is 0 Å². The van der Waals surface area contributed by atoms with Crippen LogP contribution in [0, 0.1) is 5.41 Å². The molecule has 4 heteroatoms. The minimum absolute atomic E-state index is 0.0776. The number of nitrogens with one attached hydrogen (secondary N) is 1. The molecule has 0 bridgehead atoms. The maximum absolute atomic E-state index is 12.1. The van der Waals surface area contributed by atoms with Gasteiger partial charge in [-0.1, -0.05) is 54.6 Å². The van der Waals surface area contributed by atoms with Crippen LogP contribution >= 0.6 is 0 Å². The lowest BCUT2D eigenvalue weighted by Crippen LogP contribution is -2.33. The van der Waals surface area contributed by atoms with Crippen LogP contribution < -0.4 is 5.32 Å². The van der Waals surface area contributed by atoms with Crippen LogP contribution in [-0.2, 0) is 16.0 Å². The first-order valence-electron chi connectivity index (χ1n) is 8.74. The largest absolute Gasteiger partial charge is 0.481 e. The fourth-order valence-corrected chi connectivity index (χ4v) is 3.63. The maximum Gasteiger partial charge on any atom is 0.304 e. The molecule has 4 nitrogen and oxygen atoms in total. The summed E-state index contributed by atoms with van der Waals surface area (Å²) in [5, 5.41) is 11.9. The number of aryl methyl sites for hydroxylation is 1. The van der Waals surface area contributed by atoms with Crippen molar-refractivity contribution in [3.8, 4) is 11.1 Å².